The minimum absolute atomic E-state index is 0.230. The van der Waals surface area contributed by atoms with Crippen LogP contribution >= 0.6 is 0 Å². The fourth-order valence-electron chi connectivity index (χ4n) is 2.23. The van der Waals surface area contributed by atoms with Crippen molar-refractivity contribution in [3.05, 3.63) is 0 Å². The molecule has 2 rings (SSSR count). The molecule has 13 heavy (non-hydrogen) atoms. The molecule has 0 aliphatic carbocycles. The van der Waals surface area contributed by atoms with Crippen molar-refractivity contribution in [2.24, 2.45) is 0 Å². The molecule has 2 saturated heterocycles. The van der Waals surface area contributed by atoms with Gasteiger partial charge in [-0.2, -0.15) is 0 Å². The van der Waals surface area contributed by atoms with Gasteiger partial charge in [-0.1, -0.05) is 6.42 Å². The summed E-state index contributed by atoms with van der Waals surface area (Å²) in [5.41, 5.74) is 0. The third-order valence-electron chi connectivity index (χ3n) is 3.21. The van der Waals surface area contributed by atoms with E-state index in [4.69, 9.17) is 0 Å². The van der Waals surface area contributed by atoms with Gasteiger partial charge in [0.1, 0.15) is 0 Å². The van der Waals surface area contributed by atoms with E-state index < -0.39 is 0 Å². The summed E-state index contributed by atoms with van der Waals surface area (Å²) in [4.78, 5) is 15.4. The summed E-state index contributed by atoms with van der Waals surface area (Å²) in [5, 5.41) is 0. The third kappa shape index (κ3) is 1.85. The normalized spacial score (nSPS) is 25.8. The Kier molecular flexibility index (Phi) is 2.54. The maximum absolute atomic E-state index is 11.0. The number of carbonyl (C=O) groups excluding carboxylic acids is 1. The lowest BCUT2D eigenvalue weighted by atomic mass is 10.0. The minimum atomic E-state index is 0.230. The zero-order valence-electron chi connectivity index (χ0n) is 8.33. The highest BCUT2D eigenvalue weighted by Gasteiger charge is 2.33. The molecule has 0 spiro atoms. The second-order valence-electron chi connectivity index (χ2n) is 4.17. The molecule has 1 amide bonds. The number of nitrogens with zero attached hydrogens (tertiary/aromatic N) is 2. The fourth-order valence-corrected chi connectivity index (χ4v) is 2.23. The molecule has 0 N–H and O–H groups in total. The number of likely N-dealkylation sites (tertiary alicyclic amines) is 2. The van der Waals surface area contributed by atoms with Crippen molar-refractivity contribution in [1.29, 1.82) is 0 Å². The van der Waals surface area contributed by atoms with E-state index in [1.165, 1.54) is 32.4 Å². The number of amides is 1. The lowest BCUT2D eigenvalue weighted by Gasteiger charge is -2.46. The van der Waals surface area contributed by atoms with Gasteiger partial charge < -0.3 is 4.90 Å². The average molecular weight is 182 g/mol. The van der Waals surface area contributed by atoms with Gasteiger partial charge in [0.05, 0.1) is 0 Å². The summed E-state index contributed by atoms with van der Waals surface area (Å²) in [5.74, 6) is 0.230. The lowest BCUT2D eigenvalue weighted by molar-refractivity contribution is -0.136. The highest BCUT2D eigenvalue weighted by atomic mass is 16.2. The summed E-state index contributed by atoms with van der Waals surface area (Å²) in [6, 6.07) is 0.671. The molecular weight excluding hydrogens is 164 g/mol. The van der Waals surface area contributed by atoms with Gasteiger partial charge in [-0.15, -0.1) is 0 Å². The predicted molar refractivity (Wildman–Crippen MR) is 51.5 cm³/mol. The van der Waals surface area contributed by atoms with Crippen molar-refractivity contribution < 1.29 is 4.79 Å². The van der Waals surface area contributed by atoms with E-state index in [9.17, 15) is 4.79 Å². The van der Waals surface area contributed by atoms with Crippen LogP contribution in [-0.2, 0) is 4.79 Å². The van der Waals surface area contributed by atoms with Gasteiger partial charge in [-0.05, 0) is 25.9 Å². The van der Waals surface area contributed by atoms with Crippen LogP contribution in [0.2, 0.25) is 0 Å². The maximum Gasteiger partial charge on any atom is 0.219 e. The molecule has 0 unspecified atom stereocenters. The van der Waals surface area contributed by atoms with Gasteiger partial charge in [-0.3, -0.25) is 9.69 Å². The monoisotopic (exact) mass is 182 g/mol. The highest BCUT2D eigenvalue weighted by Crippen LogP contribution is 2.19. The van der Waals surface area contributed by atoms with Crippen molar-refractivity contribution in [3.63, 3.8) is 0 Å². The highest BCUT2D eigenvalue weighted by molar-refractivity contribution is 5.74. The van der Waals surface area contributed by atoms with Gasteiger partial charge in [-0.25, -0.2) is 0 Å². The van der Waals surface area contributed by atoms with Gasteiger partial charge in [0.25, 0.3) is 0 Å². The molecule has 0 radical (unpaired) electrons. The first-order valence-electron chi connectivity index (χ1n) is 5.27. The summed E-state index contributed by atoms with van der Waals surface area (Å²) in [6.07, 6.45) is 4.08. The van der Waals surface area contributed by atoms with Gasteiger partial charge in [0.15, 0.2) is 0 Å². The van der Waals surface area contributed by atoms with Crippen LogP contribution in [0.1, 0.15) is 26.2 Å². The molecule has 0 aromatic heterocycles. The molecule has 2 fully saturated rings. The van der Waals surface area contributed by atoms with Crippen molar-refractivity contribution >= 4 is 5.91 Å². The third-order valence-corrected chi connectivity index (χ3v) is 3.21. The minimum Gasteiger partial charge on any atom is -0.340 e. The molecule has 2 aliphatic rings. The molecule has 0 bridgehead atoms. The van der Waals surface area contributed by atoms with E-state index in [2.05, 4.69) is 4.90 Å². The largest absolute Gasteiger partial charge is 0.340 e. The molecular formula is C10H18N2O. The Morgan fingerprint density at radius 2 is 1.77 bits per heavy atom. The first-order chi connectivity index (χ1) is 6.27. The average Bonchev–Trinajstić information content (AvgIpc) is 2.02. The van der Waals surface area contributed by atoms with Crippen LogP contribution in [0.25, 0.3) is 0 Å². The smallest absolute Gasteiger partial charge is 0.219 e. The summed E-state index contributed by atoms with van der Waals surface area (Å²) in [7, 11) is 0. The van der Waals surface area contributed by atoms with E-state index in [1.54, 1.807) is 6.92 Å². The van der Waals surface area contributed by atoms with Crippen LogP contribution < -0.4 is 0 Å². The second-order valence-corrected chi connectivity index (χ2v) is 4.17. The summed E-state index contributed by atoms with van der Waals surface area (Å²) >= 11 is 0. The van der Waals surface area contributed by atoms with Crippen molar-refractivity contribution in [1.82, 2.24) is 9.80 Å². The molecule has 0 aromatic rings. The SMILES string of the molecule is CC(=O)N1CC(N2CCCCC2)C1. The standard InChI is InChI=1S/C10H18N2O/c1-9(13)12-7-10(8-12)11-5-3-2-4-6-11/h10H,2-8H2,1H3. The van der Waals surface area contributed by atoms with Crippen LogP contribution in [-0.4, -0.2) is 47.9 Å². The summed E-state index contributed by atoms with van der Waals surface area (Å²) in [6.45, 7) is 6.09. The number of carbonyl (C=O) groups is 1. The number of piperidine rings is 1. The van der Waals surface area contributed by atoms with Crippen LogP contribution in [0.15, 0.2) is 0 Å². The van der Waals surface area contributed by atoms with Crippen LogP contribution in [0.4, 0.5) is 0 Å². The Morgan fingerprint density at radius 3 is 2.31 bits per heavy atom. The van der Waals surface area contributed by atoms with E-state index in [0.717, 1.165) is 13.1 Å². The Morgan fingerprint density at radius 1 is 1.15 bits per heavy atom. The zero-order chi connectivity index (χ0) is 9.26. The first kappa shape index (κ1) is 9.00. The van der Waals surface area contributed by atoms with Crippen molar-refractivity contribution in [2.75, 3.05) is 26.2 Å². The topological polar surface area (TPSA) is 23.6 Å². The van der Waals surface area contributed by atoms with Crippen LogP contribution in [0.3, 0.4) is 0 Å². The van der Waals surface area contributed by atoms with Crippen LogP contribution in [0, 0.1) is 0 Å². The van der Waals surface area contributed by atoms with Gasteiger partial charge >= 0.3 is 0 Å². The molecule has 3 nitrogen and oxygen atoms in total. The molecule has 2 heterocycles. The Bertz CT molecular complexity index is 193. The van der Waals surface area contributed by atoms with Crippen LogP contribution in [0.5, 0.6) is 0 Å². The Labute approximate surface area is 79.7 Å². The molecule has 74 valence electrons. The Hall–Kier alpha value is -0.570. The predicted octanol–water partition coefficient (Wildman–Crippen LogP) is 0.703. The number of hydrogen-bond donors (Lipinski definition) is 0. The molecule has 0 aromatic carbocycles. The van der Waals surface area contributed by atoms with Gasteiger partial charge in [0.2, 0.25) is 5.91 Å². The quantitative estimate of drug-likeness (QED) is 0.596. The number of hydrogen-bond acceptors (Lipinski definition) is 2. The van der Waals surface area contributed by atoms with E-state index in [1.807, 2.05) is 4.90 Å². The molecule has 0 atom stereocenters. The lowest BCUT2D eigenvalue weighted by Crippen LogP contribution is -2.61. The molecule has 2 aliphatic heterocycles. The van der Waals surface area contributed by atoms with Crippen molar-refractivity contribution in [3.8, 4) is 0 Å². The van der Waals surface area contributed by atoms with E-state index >= 15 is 0 Å². The first-order valence-corrected chi connectivity index (χ1v) is 5.27. The zero-order valence-corrected chi connectivity index (χ0v) is 8.33. The second kappa shape index (κ2) is 3.66. The van der Waals surface area contributed by atoms with Crippen molar-refractivity contribution in [2.45, 2.75) is 32.2 Å². The Balaban J connectivity index is 1.75. The molecule has 3 heteroatoms. The van der Waals surface area contributed by atoms with Gasteiger partial charge in [0, 0.05) is 26.1 Å². The molecule has 0 saturated carbocycles. The fraction of sp³-hybridized carbons (Fsp3) is 0.900. The van der Waals surface area contributed by atoms with E-state index in [-0.39, 0.29) is 5.91 Å². The van der Waals surface area contributed by atoms with E-state index in [0.29, 0.717) is 6.04 Å². The summed E-state index contributed by atoms with van der Waals surface area (Å²) < 4.78 is 0. The maximum atomic E-state index is 11.0. The number of rotatable bonds is 1.